The summed E-state index contributed by atoms with van der Waals surface area (Å²) < 4.78 is 13.1. The number of nitrogens with zero attached hydrogens (tertiary/aromatic N) is 3. The van der Waals surface area contributed by atoms with E-state index in [-0.39, 0.29) is 24.4 Å². The van der Waals surface area contributed by atoms with E-state index in [0.717, 1.165) is 16.8 Å². The molecule has 0 aromatic heterocycles. The predicted molar refractivity (Wildman–Crippen MR) is 118 cm³/mol. The topological polar surface area (TPSA) is 73.0 Å². The Morgan fingerprint density at radius 2 is 1.59 bits per heavy atom. The minimum atomic E-state index is -0.528. The second-order valence-corrected chi connectivity index (χ2v) is 8.37. The number of piperidine rings is 1. The van der Waals surface area contributed by atoms with E-state index in [1.807, 2.05) is 31.2 Å². The third-order valence-corrected chi connectivity index (χ3v) is 6.12. The van der Waals surface area contributed by atoms with Crippen LogP contribution < -0.4 is 5.32 Å². The van der Waals surface area contributed by atoms with Crippen LogP contribution in [0.2, 0.25) is 0 Å². The third kappa shape index (κ3) is 4.90. The molecule has 0 saturated carbocycles. The van der Waals surface area contributed by atoms with E-state index in [1.54, 1.807) is 21.9 Å². The van der Waals surface area contributed by atoms with Crippen molar-refractivity contribution in [3.05, 3.63) is 65.5 Å². The number of amides is 4. The number of benzene rings is 2. The van der Waals surface area contributed by atoms with Crippen molar-refractivity contribution in [3.63, 3.8) is 0 Å². The second kappa shape index (κ2) is 9.38. The van der Waals surface area contributed by atoms with Gasteiger partial charge in [0.25, 0.3) is 0 Å². The number of carbonyl (C=O) groups excluding carboxylic acids is 3. The molecular weight excluding hydrogens is 411 g/mol. The predicted octanol–water partition coefficient (Wildman–Crippen LogP) is 3.00. The van der Waals surface area contributed by atoms with Gasteiger partial charge in [-0.25, -0.2) is 9.18 Å². The zero-order valence-corrected chi connectivity index (χ0v) is 18.1. The van der Waals surface area contributed by atoms with E-state index in [9.17, 15) is 18.8 Å². The van der Waals surface area contributed by atoms with Gasteiger partial charge in [-0.05, 0) is 49.6 Å². The molecule has 1 N–H and O–H groups in total. The van der Waals surface area contributed by atoms with Crippen molar-refractivity contribution >= 4 is 23.5 Å². The molecule has 0 unspecified atom stereocenters. The quantitative estimate of drug-likeness (QED) is 0.746. The zero-order chi connectivity index (χ0) is 22.7. The molecule has 2 fully saturated rings. The van der Waals surface area contributed by atoms with E-state index in [2.05, 4.69) is 5.32 Å². The number of urea groups is 1. The Balaban J connectivity index is 1.28. The number of nitrogens with one attached hydrogen (secondary N) is 1. The van der Waals surface area contributed by atoms with Crippen molar-refractivity contribution in [1.29, 1.82) is 0 Å². The number of hydrogen-bond donors (Lipinski definition) is 1. The number of aryl methyl sites for hydroxylation is 1. The van der Waals surface area contributed by atoms with Crippen molar-refractivity contribution in [2.45, 2.75) is 32.4 Å². The van der Waals surface area contributed by atoms with Gasteiger partial charge in [0.2, 0.25) is 0 Å². The largest absolute Gasteiger partial charge is 0.330 e. The van der Waals surface area contributed by atoms with Gasteiger partial charge in [-0.15, -0.1) is 0 Å². The lowest BCUT2D eigenvalue weighted by Crippen LogP contribution is -2.59. The normalized spacial score (nSPS) is 17.6. The van der Waals surface area contributed by atoms with Gasteiger partial charge in [0, 0.05) is 44.5 Å². The summed E-state index contributed by atoms with van der Waals surface area (Å²) >= 11 is 0. The molecule has 168 valence electrons. The van der Waals surface area contributed by atoms with Gasteiger partial charge in [-0.1, -0.05) is 29.8 Å². The maximum Gasteiger partial charge on any atom is 0.321 e. The summed E-state index contributed by atoms with van der Waals surface area (Å²) in [4.78, 5) is 42.8. The maximum absolute atomic E-state index is 13.1. The van der Waals surface area contributed by atoms with Crippen LogP contribution >= 0.6 is 0 Å². The molecule has 8 heteroatoms. The van der Waals surface area contributed by atoms with Gasteiger partial charge in [-0.3, -0.25) is 9.59 Å². The maximum atomic E-state index is 13.1. The van der Waals surface area contributed by atoms with Gasteiger partial charge < -0.3 is 20.0 Å². The lowest BCUT2D eigenvalue weighted by molar-refractivity contribution is -0.158. The molecule has 2 aliphatic rings. The average molecular weight is 439 g/mol. The molecule has 7 nitrogen and oxygen atoms in total. The van der Waals surface area contributed by atoms with Gasteiger partial charge in [0.05, 0.1) is 0 Å². The Morgan fingerprint density at radius 1 is 0.938 bits per heavy atom. The van der Waals surface area contributed by atoms with Crippen LogP contribution in [0.15, 0.2) is 48.5 Å². The molecule has 2 heterocycles. The summed E-state index contributed by atoms with van der Waals surface area (Å²) in [5.41, 5.74) is 2.66. The van der Waals surface area contributed by atoms with Crippen molar-refractivity contribution < 1.29 is 18.8 Å². The van der Waals surface area contributed by atoms with Crippen LogP contribution in [0, 0.1) is 12.7 Å². The van der Waals surface area contributed by atoms with Crippen LogP contribution in [-0.4, -0.2) is 64.8 Å². The van der Waals surface area contributed by atoms with E-state index in [0.29, 0.717) is 39.0 Å². The SMILES string of the molecule is Cc1ccc(NC(=O)N2CCC(N3CCN(Cc4ccc(F)cc4)C(=O)C3=O)CC2)cc1. The van der Waals surface area contributed by atoms with Gasteiger partial charge in [-0.2, -0.15) is 0 Å². The monoisotopic (exact) mass is 438 g/mol. The number of anilines is 1. The first kappa shape index (κ1) is 21.8. The standard InChI is InChI=1S/C24H27FN4O3/c1-17-2-8-20(9-3-17)26-24(32)27-12-10-21(11-13-27)29-15-14-28(22(30)23(29)31)16-18-4-6-19(25)7-5-18/h2-9,21H,10-16H2,1H3,(H,26,32). The molecule has 0 spiro atoms. The molecule has 0 atom stereocenters. The van der Waals surface area contributed by atoms with Gasteiger partial charge >= 0.3 is 17.8 Å². The van der Waals surface area contributed by atoms with Crippen LogP contribution in [-0.2, 0) is 16.1 Å². The summed E-state index contributed by atoms with van der Waals surface area (Å²) in [6, 6.07) is 13.4. The molecule has 0 radical (unpaired) electrons. The highest BCUT2D eigenvalue weighted by Crippen LogP contribution is 2.21. The number of rotatable bonds is 4. The summed E-state index contributed by atoms with van der Waals surface area (Å²) in [6.07, 6.45) is 1.27. The molecule has 32 heavy (non-hydrogen) atoms. The average Bonchev–Trinajstić information content (AvgIpc) is 2.80. The van der Waals surface area contributed by atoms with Crippen LogP contribution in [0.3, 0.4) is 0 Å². The lowest BCUT2D eigenvalue weighted by Gasteiger charge is -2.42. The molecule has 2 aromatic rings. The van der Waals surface area contributed by atoms with Crippen molar-refractivity contribution in [2.75, 3.05) is 31.5 Å². The van der Waals surface area contributed by atoms with Gasteiger partial charge in [0.15, 0.2) is 0 Å². The molecule has 0 aliphatic carbocycles. The first-order valence-electron chi connectivity index (χ1n) is 10.9. The smallest absolute Gasteiger partial charge is 0.321 e. The Bertz CT molecular complexity index is 985. The third-order valence-electron chi connectivity index (χ3n) is 6.12. The Kier molecular flexibility index (Phi) is 6.39. The van der Waals surface area contributed by atoms with Crippen molar-refractivity contribution in [1.82, 2.24) is 14.7 Å². The van der Waals surface area contributed by atoms with Crippen LogP contribution in [0.5, 0.6) is 0 Å². The number of hydrogen-bond acceptors (Lipinski definition) is 3. The highest BCUT2D eigenvalue weighted by molar-refractivity contribution is 6.35. The minimum Gasteiger partial charge on any atom is -0.330 e. The second-order valence-electron chi connectivity index (χ2n) is 8.37. The highest BCUT2D eigenvalue weighted by Gasteiger charge is 2.38. The van der Waals surface area contributed by atoms with Gasteiger partial charge in [0.1, 0.15) is 5.82 Å². The minimum absolute atomic E-state index is 0.0529. The number of piperazine rings is 1. The molecule has 4 amide bonds. The Morgan fingerprint density at radius 3 is 2.25 bits per heavy atom. The summed E-state index contributed by atoms with van der Waals surface area (Å²) in [6.45, 7) is 4.24. The summed E-state index contributed by atoms with van der Waals surface area (Å²) in [7, 11) is 0. The number of likely N-dealkylation sites (tertiary alicyclic amines) is 1. The molecule has 2 saturated heterocycles. The molecule has 4 rings (SSSR count). The van der Waals surface area contributed by atoms with Crippen LogP contribution in [0.1, 0.15) is 24.0 Å². The van der Waals surface area contributed by atoms with Crippen molar-refractivity contribution in [3.8, 4) is 0 Å². The summed E-state index contributed by atoms with van der Waals surface area (Å²) in [5.74, 6) is -1.36. The number of halogens is 1. The van der Waals surface area contributed by atoms with E-state index < -0.39 is 11.8 Å². The first-order valence-corrected chi connectivity index (χ1v) is 10.9. The molecule has 2 aliphatic heterocycles. The highest BCUT2D eigenvalue weighted by atomic mass is 19.1. The molecule has 0 bridgehead atoms. The van der Waals surface area contributed by atoms with Crippen molar-refractivity contribution in [2.24, 2.45) is 0 Å². The Hall–Kier alpha value is -3.42. The zero-order valence-electron chi connectivity index (χ0n) is 18.1. The lowest BCUT2D eigenvalue weighted by atomic mass is 10.0. The Labute approximate surface area is 186 Å². The fourth-order valence-electron chi connectivity index (χ4n) is 4.22. The van der Waals surface area contributed by atoms with Crippen LogP contribution in [0.25, 0.3) is 0 Å². The fourth-order valence-corrected chi connectivity index (χ4v) is 4.22. The number of carbonyl (C=O) groups is 3. The summed E-state index contributed by atoms with van der Waals surface area (Å²) in [5, 5.41) is 2.90. The van der Waals surface area contributed by atoms with E-state index in [1.165, 1.54) is 17.0 Å². The van der Waals surface area contributed by atoms with E-state index in [4.69, 9.17) is 0 Å². The fraction of sp³-hybridized carbons (Fsp3) is 0.375. The van der Waals surface area contributed by atoms with Crippen LogP contribution in [0.4, 0.5) is 14.9 Å². The van der Waals surface area contributed by atoms with E-state index >= 15 is 0 Å². The molecule has 2 aromatic carbocycles. The first-order chi connectivity index (χ1) is 15.4. The molecular formula is C24H27FN4O3.